The third-order valence-electron chi connectivity index (χ3n) is 5.34. The molecule has 1 atom stereocenters. The number of fused-ring (bicyclic) bond motifs is 1. The molecule has 1 aliphatic rings. The number of hydrogen-bond acceptors (Lipinski definition) is 6. The molecule has 1 aromatic heterocycles. The van der Waals surface area contributed by atoms with Gasteiger partial charge in [0.15, 0.2) is 4.80 Å². The molecule has 0 spiro atoms. The van der Waals surface area contributed by atoms with E-state index in [1.165, 1.54) is 15.6 Å². The highest BCUT2D eigenvalue weighted by Crippen LogP contribution is 2.24. The number of carbonyl (C=O) groups excluding carboxylic acids is 2. The first-order chi connectivity index (χ1) is 14.6. The van der Waals surface area contributed by atoms with E-state index in [9.17, 15) is 18.0 Å². The Bertz CT molecular complexity index is 1150. The van der Waals surface area contributed by atoms with Gasteiger partial charge in [0, 0.05) is 6.54 Å². The van der Waals surface area contributed by atoms with Crippen molar-refractivity contribution in [1.29, 1.82) is 0 Å². The molecule has 2 heterocycles. The van der Waals surface area contributed by atoms with Gasteiger partial charge in [-0.3, -0.25) is 9.59 Å². The van der Waals surface area contributed by atoms with Crippen molar-refractivity contribution in [3.63, 3.8) is 0 Å². The number of piperidine rings is 1. The minimum absolute atomic E-state index is 0.0680. The third kappa shape index (κ3) is 5.42. The van der Waals surface area contributed by atoms with Crippen LogP contribution in [0, 0.1) is 0 Å². The molecule has 0 aliphatic carbocycles. The van der Waals surface area contributed by atoms with E-state index < -0.39 is 27.9 Å². The van der Waals surface area contributed by atoms with E-state index in [-0.39, 0.29) is 13.2 Å². The van der Waals surface area contributed by atoms with Crippen LogP contribution in [-0.4, -0.2) is 54.6 Å². The molecule has 1 aliphatic heterocycles. The minimum atomic E-state index is -3.51. The Morgan fingerprint density at radius 3 is 2.68 bits per heavy atom. The first kappa shape index (κ1) is 23.6. The van der Waals surface area contributed by atoms with E-state index in [0.29, 0.717) is 23.7 Å². The molecule has 0 saturated carbocycles. The van der Waals surface area contributed by atoms with Gasteiger partial charge in [-0.1, -0.05) is 37.7 Å². The maximum absolute atomic E-state index is 13.0. The van der Waals surface area contributed by atoms with Gasteiger partial charge < -0.3 is 9.30 Å². The molecule has 0 radical (unpaired) electrons. The summed E-state index contributed by atoms with van der Waals surface area (Å²) < 4.78 is 33.2. The summed E-state index contributed by atoms with van der Waals surface area (Å²) in [7, 11) is -3.51. The molecule has 170 valence electrons. The molecule has 1 amide bonds. The van der Waals surface area contributed by atoms with Gasteiger partial charge in [0.05, 0.1) is 23.1 Å². The number of amides is 1. The lowest BCUT2D eigenvalue weighted by molar-refractivity contribution is -0.143. The number of ether oxygens (including phenoxy) is 1. The van der Waals surface area contributed by atoms with E-state index >= 15 is 0 Å². The zero-order valence-electron chi connectivity index (χ0n) is 18.3. The molecule has 8 nitrogen and oxygen atoms in total. The minimum Gasteiger partial charge on any atom is -0.465 e. The maximum atomic E-state index is 13.0. The number of benzene rings is 1. The lowest BCUT2D eigenvalue weighted by Crippen LogP contribution is -2.47. The number of hydrogen-bond donors (Lipinski definition) is 0. The lowest BCUT2D eigenvalue weighted by atomic mass is 10.0. The van der Waals surface area contributed by atoms with Crippen molar-refractivity contribution in [2.24, 2.45) is 4.99 Å². The van der Waals surface area contributed by atoms with Crippen LogP contribution >= 0.6 is 11.3 Å². The van der Waals surface area contributed by atoms with Crippen molar-refractivity contribution in [3.05, 3.63) is 28.6 Å². The fourth-order valence-corrected chi connectivity index (χ4v) is 5.94. The molecular formula is C21H29N3O5S2. The number of rotatable bonds is 6. The second-order valence-electron chi connectivity index (χ2n) is 7.99. The molecule has 0 N–H and O–H groups in total. The monoisotopic (exact) mass is 467 g/mol. The van der Waals surface area contributed by atoms with E-state index in [1.54, 1.807) is 11.5 Å². The van der Waals surface area contributed by atoms with Gasteiger partial charge in [0.25, 0.3) is 5.91 Å². The first-order valence-corrected chi connectivity index (χ1v) is 13.1. The van der Waals surface area contributed by atoms with Gasteiger partial charge in [-0.05, 0) is 43.4 Å². The van der Waals surface area contributed by atoms with E-state index in [1.807, 2.05) is 18.2 Å². The zero-order chi connectivity index (χ0) is 22.8. The Labute approximate surface area is 186 Å². The summed E-state index contributed by atoms with van der Waals surface area (Å²) in [6, 6.07) is 5.16. The lowest BCUT2D eigenvalue weighted by Gasteiger charge is -2.31. The Morgan fingerprint density at radius 2 is 2.03 bits per heavy atom. The third-order valence-corrected chi connectivity index (χ3v) is 7.67. The first-order valence-electron chi connectivity index (χ1n) is 10.5. The standard InChI is InChI=1S/C21H29N3O5S2/c1-5-29-19(25)13-23-16-10-9-15(14(2)3)12-18(16)30-21(23)22-20(26)17-8-6-7-11-24(17)31(4,27)28/h9-10,12,14,17H,5-8,11,13H2,1-4H3. The summed E-state index contributed by atoms with van der Waals surface area (Å²) in [4.78, 5) is 29.9. The van der Waals surface area contributed by atoms with Crippen LogP contribution in [0.1, 0.15) is 51.5 Å². The summed E-state index contributed by atoms with van der Waals surface area (Å²) in [6.07, 6.45) is 3.05. The fourth-order valence-electron chi connectivity index (χ4n) is 3.74. The van der Waals surface area contributed by atoms with Gasteiger partial charge in [-0.15, -0.1) is 0 Å². The summed E-state index contributed by atoms with van der Waals surface area (Å²) in [5.41, 5.74) is 1.93. The van der Waals surface area contributed by atoms with Gasteiger partial charge in [0.1, 0.15) is 12.6 Å². The Morgan fingerprint density at radius 1 is 1.29 bits per heavy atom. The quantitative estimate of drug-likeness (QED) is 0.608. The second-order valence-corrected chi connectivity index (χ2v) is 10.9. The molecule has 1 fully saturated rings. The van der Waals surface area contributed by atoms with Crippen LogP contribution in [0.2, 0.25) is 0 Å². The van der Waals surface area contributed by atoms with Crippen molar-refractivity contribution in [2.45, 2.75) is 58.5 Å². The number of aromatic nitrogens is 1. The average molecular weight is 468 g/mol. The largest absolute Gasteiger partial charge is 0.465 e. The number of thiazole rings is 1. The van der Waals surface area contributed by atoms with Gasteiger partial charge >= 0.3 is 5.97 Å². The number of sulfonamides is 1. The second kappa shape index (κ2) is 9.62. The van der Waals surface area contributed by atoms with Crippen LogP contribution in [0.15, 0.2) is 23.2 Å². The van der Waals surface area contributed by atoms with Gasteiger partial charge in [-0.2, -0.15) is 9.30 Å². The van der Waals surface area contributed by atoms with Crippen LogP contribution in [0.25, 0.3) is 10.2 Å². The highest BCUT2D eigenvalue weighted by Gasteiger charge is 2.34. The zero-order valence-corrected chi connectivity index (χ0v) is 20.0. The van der Waals surface area contributed by atoms with Crippen LogP contribution in [0.4, 0.5) is 0 Å². The normalized spacial score (nSPS) is 18.6. The van der Waals surface area contributed by atoms with E-state index in [0.717, 1.165) is 34.9 Å². The number of carbonyl (C=O) groups is 2. The number of esters is 1. The highest BCUT2D eigenvalue weighted by molar-refractivity contribution is 7.88. The van der Waals surface area contributed by atoms with Crippen molar-refractivity contribution < 1.29 is 22.7 Å². The SMILES string of the molecule is CCOC(=O)Cn1c(=NC(=O)C2CCCCN2S(C)(=O)=O)sc2cc(C(C)C)ccc21. The summed E-state index contributed by atoms with van der Waals surface area (Å²) in [6.45, 7) is 6.44. The maximum Gasteiger partial charge on any atom is 0.326 e. The van der Waals surface area contributed by atoms with E-state index in [2.05, 4.69) is 18.8 Å². The molecule has 3 rings (SSSR count). The van der Waals surface area contributed by atoms with Crippen molar-refractivity contribution in [1.82, 2.24) is 8.87 Å². The predicted octanol–water partition coefficient (Wildman–Crippen LogP) is 2.63. The molecule has 1 aromatic carbocycles. The predicted molar refractivity (Wildman–Crippen MR) is 120 cm³/mol. The smallest absolute Gasteiger partial charge is 0.326 e. The van der Waals surface area contributed by atoms with Gasteiger partial charge in [-0.25, -0.2) is 8.42 Å². The topological polar surface area (TPSA) is 98.0 Å². The Hall–Kier alpha value is -2.04. The van der Waals surface area contributed by atoms with E-state index in [4.69, 9.17) is 4.74 Å². The van der Waals surface area contributed by atoms with Gasteiger partial charge in [0.2, 0.25) is 10.0 Å². The molecule has 31 heavy (non-hydrogen) atoms. The molecule has 1 unspecified atom stereocenters. The van der Waals surface area contributed by atoms with Crippen LogP contribution < -0.4 is 4.80 Å². The van der Waals surface area contributed by atoms with Crippen LogP contribution in [0.3, 0.4) is 0 Å². The van der Waals surface area contributed by atoms with Crippen LogP contribution in [0.5, 0.6) is 0 Å². The number of nitrogens with zero attached hydrogens (tertiary/aromatic N) is 3. The molecular weight excluding hydrogens is 438 g/mol. The summed E-state index contributed by atoms with van der Waals surface area (Å²) >= 11 is 1.32. The summed E-state index contributed by atoms with van der Waals surface area (Å²) in [5, 5.41) is 0. The van der Waals surface area contributed by atoms with Crippen molar-refractivity contribution in [2.75, 3.05) is 19.4 Å². The van der Waals surface area contributed by atoms with Crippen LogP contribution in [-0.2, 0) is 30.9 Å². The van der Waals surface area contributed by atoms with Crippen molar-refractivity contribution in [3.8, 4) is 0 Å². The molecule has 1 saturated heterocycles. The molecule has 0 bridgehead atoms. The highest BCUT2D eigenvalue weighted by atomic mass is 32.2. The van der Waals surface area contributed by atoms with Crippen molar-refractivity contribution >= 4 is 43.5 Å². The Kier molecular flexibility index (Phi) is 7.33. The molecule has 10 heteroatoms. The summed E-state index contributed by atoms with van der Waals surface area (Å²) in [5.74, 6) is -0.588. The fraction of sp³-hybridized carbons (Fsp3) is 0.571. The molecule has 2 aromatic rings. The average Bonchev–Trinajstić information content (AvgIpc) is 3.03. The Balaban J connectivity index is 2.08.